The van der Waals surface area contributed by atoms with Crippen LogP contribution in [0.3, 0.4) is 0 Å². The summed E-state index contributed by atoms with van der Waals surface area (Å²) in [6, 6.07) is 5.54. The fourth-order valence-electron chi connectivity index (χ4n) is 4.88. The molecule has 0 aliphatic carbocycles. The van der Waals surface area contributed by atoms with Crippen molar-refractivity contribution < 1.29 is 19.0 Å². The van der Waals surface area contributed by atoms with E-state index in [9.17, 15) is 19.0 Å². The molecule has 8 nitrogen and oxygen atoms in total. The summed E-state index contributed by atoms with van der Waals surface area (Å²) in [5.74, 6) is 1.25. The Morgan fingerprint density at radius 3 is 2.69 bits per heavy atom. The van der Waals surface area contributed by atoms with E-state index in [-0.39, 0.29) is 24.7 Å². The Hall–Kier alpha value is -2.47. The van der Waals surface area contributed by atoms with E-state index >= 15 is 0 Å². The number of thiazole rings is 1. The minimum Gasteiger partial charge on any atom is -0.391 e. The first-order valence-electron chi connectivity index (χ1n) is 10.6. The van der Waals surface area contributed by atoms with Crippen LogP contribution in [0.1, 0.15) is 30.6 Å². The number of nitrogens with one attached hydrogen (secondary N) is 2. The SMILES string of the molecule is OCc1cnc(Nc2cc3ncccc3c(N[C@@H]3C[C@H]4CC[C@@H](C3)N4C(O)C(F)F)n2)s1. The molecule has 3 aromatic heterocycles. The van der Waals surface area contributed by atoms with Crippen molar-refractivity contribution in [2.24, 2.45) is 0 Å². The Kier molecular flexibility index (Phi) is 5.89. The van der Waals surface area contributed by atoms with Crippen molar-refractivity contribution in [1.29, 1.82) is 0 Å². The fraction of sp³-hybridized carbons (Fsp3) is 0.476. The third kappa shape index (κ3) is 4.13. The molecule has 5 rings (SSSR count). The molecule has 0 spiro atoms. The second kappa shape index (κ2) is 8.81. The zero-order chi connectivity index (χ0) is 22.2. The van der Waals surface area contributed by atoms with Gasteiger partial charge in [0, 0.05) is 42.0 Å². The second-order valence-corrected chi connectivity index (χ2v) is 9.35. The van der Waals surface area contributed by atoms with Gasteiger partial charge in [-0.05, 0) is 37.8 Å². The van der Waals surface area contributed by atoms with Crippen molar-refractivity contribution in [2.75, 3.05) is 10.6 Å². The number of alkyl halides is 2. The van der Waals surface area contributed by atoms with Gasteiger partial charge in [0.05, 0.1) is 17.0 Å². The van der Waals surface area contributed by atoms with Gasteiger partial charge < -0.3 is 20.8 Å². The van der Waals surface area contributed by atoms with Crippen LogP contribution >= 0.6 is 11.3 Å². The number of nitrogens with zero attached hydrogens (tertiary/aromatic N) is 4. The standard InChI is InChI=1S/C21H24F2N6O2S/c22-18(23)20(31)29-12-3-4-13(29)7-11(6-12)26-19-15-2-1-5-24-16(15)8-17(27-19)28-21-25-9-14(10-30)32-21/h1-2,5,8-9,11-13,18,20,30-31H,3-4,6-7,10H2,(H2,25,26,27,28)/t11-,12-,13+,20?. The molecule has 2 saturated heterocycles. The lowest BCUT2D eigenvalue weighted by atomic mass is 9.96. The predicted molar refractivity (Wildman–Crippen MR) is 118 cm³/mol. The molecule has 4 atom stereocenters. The number of rotatable bonds is 7. The predicted octanol–water partition coefficient (Wildman–Crippen LogP) is 3.31. The molecule has 0 amide bonds. The Balaban J connectivity index is 1.38. The number of piperidine rings is 1. The number of anilines is 3. The van der Waals surface area contributed by atoms with Crippen LogP contribution in [0.15, 0.2) is 30.6 Å². The maximum absolute atomic E-state index is 13.1. The van der Waals surface area contributed by atoms with E-state index < -0.39 is 12.7 Å². The van der Waals surface area contributed by atoms with E-state index in [0.29, 0.717) is 29.6 Å². The molecule has 5 heterocycles. The first kappa shape index (κ1) is 21.4. The van der Waals surface area contributed by atoms with Crippen LogP contribution in [-0.2, 0) is 6.61 Å². The molecule has 11 heteroatoms. The summed E-state index contributed by atoms with van der Waals surface area (Å²) in [6.07, 6.45) is 1.80. The van der Waals surface area contributed by atoms with Gasteiger partial charge in [-0.2, -0.15) is 0 Å². The van der Waals surface area contributed by atoms with Crippen LogP contribution in [0, 0.1) is 0 Å². The van der Waals surface area contributed by atoms with E-state index in [1.165, 1.54) is 11.3 Å². The molecular formula is C21H24F2N6O2S. The number of aromatic nitrogens is 3. The van der Waals surface area contributed by atoms with Gasteiger partial charge in [-0.25, -0.2) is 18.7 Å². The monoisotopic (exact) mass is 462 g/mol. The molecule has 2 bridgehead atoms. The Morgan fingerprint density at radius 2 is 2.00 bits per heavy atom. The van der Waals surface area contributed by atoms with Crippen molar-refractivity contribution >= 4 is 39.0 Å². The van der Waals surface area contributed by atoms with Gasteiger partial charge in [0.1, 0.15) is 11.6 Å². The molecule has 2 fully saturated rings. The van der Waals surface area contributed by atoms with E-state index in [2.05, 4.69) is 20.6 Å². The molecule has 1 unspecified atom stereocenters. The van der Waals surface area contributed by atoms with Gasteiger partial charge >= 0.3 is 0 Å². The molecule has 2 aliphatic rings. The summed E-state index contributed by atoms with van der Waals surface area (Å²) in [6.45, 7) is -0.0693. The summed E-state index contributed by atoms with van der Waals surface area (Å²) in [7, 11) is 0. The van der Waals surface area contributed by atoms with Gasteiger partial charge in [-0.15, -0.1) is 0 Å². The summed E-state index contributed by atoms with van der Waals surface area (Å²) >= 11 is 1.35. The highest BCUT2D eigenvalue weighted by Gasteiger charge is 2.46. The molecule has 32 heavy (non-hydrogen) atoms. The third-order valence-corrected chi connectivity index (χ3v) is 7.10. The topological polar surface area (TPSA) is 106 Å². The van der Waals surface area contributed by atoms with Crippen LogP contribution in [-0.4, -0.2) is 60.8 Å². The number of aliphatic hydroxyl groups excluding tert-OH is 2. The van der Waals surface area contributed by atoms with Gasteiger partial charge in [0.2, 0.25) is 0 Å². The number of hydrogen-bond donors (Lipinski definition) is 4. The van der Waals surface area contributed by atoms with Crippen molar-refractivity contribution in [2.45, 2.75) is 63.1 Å². The molecule has 2 aliphatic heterocycles. The smallest absolute Gasteiger partial charge is 0.277 e. The number of halogens is 2. The average Bonchev–Trinajstić information content (AvgIpc) is 3.34. The van der Waals surface area contributed by atoms with Crippen molar-refractivity contribution in [3.63, 3.8) is 0 Å². The van der Waals surface area contributed by atoms with Crippen molar-refractivity contribution in [1.82, 2.24) is 19.9 Å². The van der Waals surface area contributed by atoms with Crippen LogP contribution in [0.2, 0.25) is 0 Å². The fourth-order valence-corrected chi connectivity index (χ4v) is 5.56. The third-order valence-electron chi connectivity index (χ3n) is 6.21. The van der Waals surface area contributed by atoms with Gasteiger partial charge in [-0.1, -0.05) is 11.3 Å². The molecule has 4 N–H and O–H groups in total. The zero-order valence-electron chi connectivity index (χ0n) is 17.2. The maximum atomic E-state index is 13.1. The van der Waals surface area contributed by atoms with Crippen molar-refractivity contribution in [3.05, 3.63) is 35.5 Å². The molecule has 170 valence electrons. The quantitative estimate of drug-likeness (QED) is 0.424. The maximum Gasteiger partial charge on any atom is 0.277 e. The second-order valence-electron chi connectivity index (χ2n) is 8.23. The Labute approximate surface area is 187 Å². The molecule has 3 aromatic rings. The van der Waals surface area contributed by atoms with Crippen LogP contribution in [0.25, 0.3) is 10.9 Å². The minimum atomic E-state index is -2.76. The number of aliphatic hydroxyl groups is 2. The molecule has 0 saturated carbocycles. The van der Waals surface area contributed by atoms with Gasteiger partial charge in [0.15, 0.2) is 11.4 Å². The molecule has 0 aromatic carbocycles. The Morgan fingerprint density at radius 1 is 1.22 bits per heavy atom. The highest BCUT2D eigenvalue weighted by molar-refractivity contribution is 7.15. The summed E-state index contributed by atoms with van der Waals surface area (Å²) < 4.78 is 26.2. The van der Waals surface area contributed by atoms with E-state index in [1.807, 2.05) is 18.2 Å². The first-order chi connectivity index (χ1) is 15.5. The summed E-state index contributed by atoms with van der Waals surface area (Å²) in [5, 5.41) is 27.4. The van der Waals surface area contributed by atoms with Crippen LogP contribution in [0.5, 0.6) is 0 Å². The first-order valence-corrected chi connectivity index (χ1v) is 11.4. The van der Waals surface area contributed by atoms with Gasteiger partial charge in [0.25, 0.3) is 6.43 Å². The van der Waals surface area contributed by atoms with E-state index in [1.54, 1.807) is 17.3 Å². The van der Waals surface area contributed by atoms with Gasteiger partial charge in [-0.3, -0.25) is 9.88 Å². The van der Waals surface area contributed by atoms with Crippen molar-refractivity contribution in [3.8, 4) is 0 Å². The van der Waals surface area contributed by atoms with E-state index in [0.717, 1.165) is 28.6 Å². The van der Waals surface area contributed by atoms with Crippen LogP contribution < -0.4 is 10.6 Å². The lowest BCUT2D eigenvalue weighted by Crippen LogP contribution is -2.53. The van der Waals surface area contributed by atoms with Crippen LogP contribution in [0.4, 0.5) is 25.5 Å². The lowest BCUT2D eigenvalue weighted by molar-refractivity contribution is -0.129. The lowest BCUT2D eigenvalue weighted by Gasteiger charge is -2.41. The average molecular weight is 463 g/mol. The van der Waals surface area contributed by atoms with E-state index in [4.69, 9.17) is 4.98 Å². The normalized spacial score (nSPS) is 24.2. The highest BCUT2D eigenvalue weighted by Crippen LogP contribution is 2.39. The minimum absolute atomic E-state index is 0.0561. The summed E-state index contributed by atoms with van der Waals surface area (Å²) in [5.41, 5.74) is 0.764. The Bertz CT molecular complexity index is 1090. The largest absolute Gasteiger partial charge is 0.391 e. The number of fused-ring (bicyclic) bond motifs is 3. The summed E-state index contributed by atoms with van der Waals surface area (Å²) in [4.78, 5) is 15.8. The zero-order valence-corrected chi connectivity index (χ0v) is 18.0. The highest BCUT2D eigenvalue weighted by atomic mass is 32.1. The molecular weight excluding hydrogens is 438 g/mol. The molecule has 0 radical (unpaired) electrons. The number of pyridine rings is 2. The number of hydrogen-bond acceptors (Lipinski definition) is 9.